The van der Waals surface area contributed by atoms with E-state index < -0.39 is 0 Å². The molecule has 1 aromatic carbocycles. The minimum atomic E-state index is -0.155. The van der Waals surface area contributed by atoms with E-state index in [1.165, 1.54) is 25.3 Å². The monoisotopic (exact) mass is 305 g/mol. The van der Waals surface area contributed by atoms with Crippen LogP contribution in [0, 0.1) is 15.3 Å². The largest absolute Gasteiger partial charge is 0.324 e. The fourth-order valence-electron chi connectivity index (χ4n) is 1.83. The average molecular weight is 305 g/mol. The Hall–Kier alpha value is -0.160. The first-order chi connectivity index (χ1) is 6.70. The van der Waals surface area contributed by atoms with Crippen molar-refractivity contribution in [3.63, 3.8) is 0 Å². The van der Waals surface area contributed by atoms with Gasteiger partial charge in [-0.05, 0) is 53.0 Å². The summed E-state index contributed by atoms with van der Waals surface area (Å²) in [6, 6.07) is 5.18. The van der Waals surface area contributed by atoms with Gasteiger partial charge in [0.1, 0.15) is 5.82 Å². The van der Waals surface area contributed by atoms with Crippen LogP contribution in [0.5, 0.6) is 0 Å². The summed E-state index contributed by atoms with van der Waals surface area (Å²) in [4.78, 5) is 0. The molecule has 0 radical (unpaired) electrons. The van der Waals surface area contributed by atoms with E-state index in [4.69, 9.17) is 5.73 Å². The van der Waals surface area contributed by atoms with E-state index >= 15 is 0 Å². The molecule has 1 aliphatic rings. The van der Waals surface area contributed by atoms with Gasteiger partial charge in [0.2, 0.25) is 0 Å². The molecule has 0 unspecified atom stereocenters. The average Bonchev–Trinajstić information content (AvgIpc) is 2.06. The normalized spacial score (nSPS) is 19.1. The lowest BCUT2D eigenvalue weighted by Crippen LogP contribution is -2.27. The maximum atomic E-state index is 13.3. The highest BCUT2D eigenvalue weighted by molar-refractivity contribution is 14.1. The molecule has 14 heavy (non-hydrogen) atoms. The number of benzene rings is 1. The maximum absolute atomic E-state index is 13.3. The van der Waals surface area contributed by atoms with Crippen LogP contribution < -0.4 is 5.73 Å². The van der Waals surface area contributed by atoms with Crippen molar-refractivity contribution in [2.24, 2.45) is 11.7 Å². The van der Waals surface area contributed by atoms with Crippen LogP contribution in [0.2, 0.25) is 0 Å². The molecule has 76 valence electrons. The van der Waals surface area contributed by atoms with Crippen molar-refractivity contribution < 1.29 is 4.39 Å². The lowest BCUT2D eigenvalue weighted by atomic mass is 9.77. The molecule has 3 heteroatoms. The molecule has 1 aromatic rings. The molecule has 1 aliphatic carbocycles. The lowest BCUT2D eigenvalue weighted by molar-refractivity contribution is 0.263. The Morgan fingerprint density at radius 2 is 2.14 bits per heavy atom. The zero-order valence-electron chi connectivity index (χ0n) is 7.84. The molecule has 1 fully saturated rings. The van der Waals surface area contributed by atoms with Gasteiger partial charge in [0.05, 0.1) is 3.57 Å². The summed E-state index contributed by atoms with van der Waals surface area (Å²) in [7, 11) is 0. The van der Waals surface area contributed by atoms with E-state index in [0.717, 1.165) is 5.56 Å². The van der Waals surface area contributed by atoms with Crippen LogP contribution in [0.25, 0.3) is 0 Å². The Morgan fingerprint density at radius 1 is 1.43 bits per heavy atom. The predicted octanol–water partition coefficient (Wildman–Crippen LogP) is 3.23. The fourth-order valence-corrected chi connectivity index (χ4v) is 2.55. The Labute approximate surface area is 97.0 Å². The highest BCUT2D eigenvalue weighted by Gasteiger charge is 2.27. The summed E-state index contributed by atoms with van der Waals surface area (Å²) in [6.45, 7) is 0. The molecule has 0 bridgehead atoms. The zero-order chi connectivity index (χ0) is 10.1. The summed E-state index contributed by atoms with van der Waals surface area (Å²) in [5.74, 6) is 0.406. The molecule has 2 rings (SSSR count). The second-order valence-corrected chi connectivity index (χ2v) is 4.94. The summed E-state index contributed by atoms with van der Waals surface area (Å²) in [6.07, 6.45) is 3.64. The van der Waals surface area contributed by atoms with Gasteiger partial charge in [-0.15, -0.1) is 0 Å². The smallest absolute Gasteiger partial charge is 0.136 e. The number of nitrogens with two attached hydrogens (primary N) is 1. The molecular weight excluding hydrogens is 292 g/mol. The second-order valence-electron chi connectivity index (χ2n) is 3.86. The quantitative estimate of drug-likeness (QED) is 0.834. The number of halogens is 2. The van der Waals surface area contributed by atoms with Gasteiger partial charge in [0, 0.05) is 6.04 Å². The Balaban J connectivity index is 2.26. The van der Waals surface area contributed by atoms with Crippen LogP contribution in [0.15, 0.2) is 18.2 Å². The van der Waals surface area contributed by atoms with Gasteiger partial charge in [-0.1, -0.05) is 18.6 Å². The van der Waals surface area contributed by atoms with Gasteiger partial charge >= 0.3 is 0 Å². The standard InChI is InChI=1S/C11H13FIN/c12-9-6-2-5-8(10(9)13)11(14)7-3-1-4-7/h2,5-7,11H,1,3-4,14H2/t11-/m0/s1. The molecule has 1 saturated carbocycles. The minimum absolute atomic E-state index is 0.0198. The second kappa shape index (κ2) is 4.14. The van der Waals surface area contributed by atoms with Gasteiger partial charge in [-0.25, -0.2) is 4.39 Å². The third-order valence-corrected chi connectivity index (χ3v) is 4.14. The Kier molecular flexibility index (Phi) is 3.07. The van der Waals surface area contributed by atoms with Crippen LogP contribution in [-0.4, -0.2) is 0 Å². The van der Waals surface area contributed by atoms with Gasteiger partial charge in [0.25, 0.3) is 0 Å². The predicted molar refractivity (Wildman–Crippen MR) is 63.4 cm³/mol. The first-order valence-corrected chi connectivity index (χ1v) is 5.97. The van der Waals surface area contributed by atoms with Crippen LogP contribution in [-0.2, 0) is 0 Å². The van der Waals surface area contributed by atoms with Crippen LogP contribution in [0.1, 0.15) is 30.9 Å². The molecule has 0 spiro atoms. The molecule has 1 atom stereocenters. The van der Waals surface area contributed by atoms with Crippen molar-refractivity contribution in [2.45, 2.75) is 25.3 Å². The highest BCUT2D eigenvalue weighted by Crippen LogP contribution is 2.37. The van der Waals surface area contributed by atoms with Crippen LogP contribution >= 0.6 is 22.6 Å². The molecule has 0 heterocycles. The summed E-state index contributed by atoms with van der Waals surface area (Å²) < 4.78 is 13.9. The summed E-state index contributed by atoms with van der Waals surface area (Å²) in [5.41, 5.74) is 7.07. The molecule has 0 amide bonds. The van der Waals surface area contributed by atoms with Gasteiger partial charge in [0.15, 0.2) is 0 Å². The van der Waals surface area contributed by atoms with Gasteiger partial charge in [-0.2, -0.15) is 0 Å². The van der Waals surface area contributed by atoms with E-state index in [-0.39, 0.29) is 11.9 Å². The van der Waals surface area contributed by atoms with E-state index in [1.54, 1.807) is 6.07 Å². The molecule has 0 saturated heterocycles. The van der Waals surface area contributed by atoms with E-state index in [2.05, 4.69) is 0 Å². The van der Waals surface area contributed by atoms with Crippen molar-refractivity contribution in [1.29, 1.82) is 0 Å². The third kappa shape index (κ3) is 1.80. The molecule has 0 aliphatic heterocycles. The highest BCUT2D eigenvalue weighted by atomic mass is 127. The third-order valence-electron chi connectivity index (χ3n) is 3.00. The number of hydrogen-bond donors (Lipinski definition) is 1. The minimum Gasteiger partial charge on any atom is -0.324 e. The SMILES string of the molecule is N[C@H](c1cccc(F)c1I)C1CCC1. The number of rotatable bonds is 2. The summed E-state index contributed by atoms with van der Waals surface area (Å²) in [5, 5.41) is 0. The molecule has 0 aromatic heterocycles. The Bertz CT molecular complexity index is 336. The van der Waals surface area contributed by atoms with Gasteiger partial charge in [-0.3, -0.25) is 0 Å². The van der Waals surface area contributed by atoms with Gasteiger partial charge < -0.3 is 5.73 Å². The lowest BCUT2D eigenvalue weighted by Gasteiger charge is -2.32. The van der Waals surface area contributed by atoms with Crippen molar-refractivity contribution >= 4 is 22.6 Å². The summed E-state index contributed by atoms with van der Waals surface area (Å²) >= 11 is 2.04. The van der Waals surface area contributed by atoms with E-state index in [0.29, 0.717) is 9.49 Å². The number of hydrogen-bond acceptors (Lipinski definition) is 1. The Morgan fingerprint density at radius 3 is 2.71 bits per heavy atom. The van der Waals surface area contributed by atoms with Crippen molar-refractivity contribution in [3.05, 3.63) is 33.1 Å². The van der Waals surface area contributed by atoms with Crippen molar-refractivity contribution in [2.75, 3.05) is 0 Å². The fraction of sp³-hybridized carbons (Fsp3) is 0.455. The van der Waals surface area contributed by atoms with Crippen molar-refractivity contribution in [1.82, 2.24) is 0 Å². The first-order valence-electron chi connectivity index (χ1n) is 4.89. The zero-order valence-corrected chi connectivity index (χ0v) is 10.00. The van der Waals surface area contributed by atoms with Crippen LogP contribution in [0.4, 0.5) is 4.39 Å². The molecule has 2 N–H and O–H groups in total. The molecule has 1 nitrogen and oxygen atoms in total. The van der Waals surface area contributed by atoms with Crippen LogP contribution in [0.3, 0.4) is 0 Å². The first kappa shape index (κ1) is 10.4. The molecular formula is C11H13FIN. The van der Waals surface area contributed by atoms with E-state index in [9.17, 15) is 4.39 Å². The van der Waals surface area contributed by atoms with Crippen molar-refractivity contribution in [3.8, 4) is 0 Å². The van der Waals surface area contributed by atoms with E-state index in [1.807, 2.05) is 28.7 Å². The maximum Gasteiger partial charge on any atom is 0.136 e. The topological polar surface area (TPSA) is 26.0 Å².